The van der Waals surface area contributed by atoms with Crippen LogP contribution < -0.4 is 14.8 Å². The smallest absolute Gasteiger partial charge is 0.240 e. The van der Waals surface area contributed by atoms with Gasteiger partial charge in [-0.2, -0.15) is 0 Å². The van der Waals surface area contributed by atoms with E-state index in [4.69, 9.17) is 4.74 Å². The van der Waals surface area contributed by atoms with Crippen molar-refractivity contribution in [2.24, 2.45) is 5.92 Å². The molecule has 146 valence electrons. The van der Waals surface area contributed by atoms with Crippen LogP contribution in [0.25, 0.3) is 0 Å². The second-order valence-electron chi connectivity index (χ2n) is 7.43. The fraction of sp³-hybridized carbons (Fsp3) is 0.556. The minimum absolute atomic E-state index is 0.00643. The molecule has 2 N–H and O–H groups in total. The van der Waals surface area contributed by atoms with Crippen LogP contribution in [0.4, 0.5) is 5.69 Å². The van der Waals surface area contributed by atoms with Crippen LogP contribution in [-0.4, -0.2) is 50.9 Å². The molecule has 1 atom stereocenters. The van der Waals surface area contributed by atoms with E-state index >= 15 is 0 Å². The van der Waals surface area contributed by atoms with Gasteiger partial charge in [-0.1, -0.05) is 0 Å². The van der Waals surface area contributed by atoms with Crippen molar-refractivity contribution in [2.45, 2.75) is 49.1 Å². The summed E-state index contributed by atoms with van der Waals surface area (Å²) < 4.78 is 32.7. The van der Waals surface area contributed by atoms with Crippen LogP contribution in [0.3, 0.4) is 0 Å². The van der Waals surface area contributed by atoms with E-state index in [1.807, 2.05) is 0 Å². The van der Waals surface area contributed by atoms with Crippen LogP contribution in [0.2, 0.25) is 0 Å². The molecule has 1 unspecified atom stereocenters. The van der Waals surface area contributed by atoms with Crippen molar-refractivity contribution in [3.05, 3.63) is 18.2 Å². The normalized spacial score (nSPS) is 22.8. The van der Waals surface area contributed by atoms with E-state index in [2.05, 4.69) is 10.0 Å². The molecule has 2 aliphatic carbocycles. The molecule has 2 amide bonds. The summed E-state index contributed by atoms with van der Waals surface area (Å²) in [5, 5.41) is 2.75. The van der Waals surface area contributed by atoms with Gasteiger partial charge in [0.05, 0.1) is 23.6 Å². The van der Waals surface area contributed by atoms with Crippen molar-refractivity contribution < 1.29 is 22.7 Å². The van der Waals surface area contributed by atoms with Crippen LogP contribution in [-0.2, 0) is 19.6 Å². The second-order valence-corrected chi connectivity index (χ2v) is 9.14. The Bertz CT molecular complexity index is 877. The third-order valence-corrected chi connectivity index (χ3v) is 6.67. The Labute approximate surface area is 158 Å². The van der Waals surface area contributed by atoms with Crippen LogP contribution >= 0.6 is 0 Å². The summed E-state index contributed by atoms with van der Waals surface area (Å²) in [6.07, 6.45) is 3.87. The lowest BCUT2D eigenvalue weighted by atomic mass is 10.1. The van der Waals surface area contributed by atoms with Gasteiger partial charge in [0.1, 0.15) is 5.75 Å². The lowest BCUT2D eigenvalue weighted by Crippen LogP contribution is -2.30. The minimum Gasteiger partial charge on any atom is -0.495 e. The molecule has 0 bridgehead atoms. The number of rotatable bonds is 7. The highest BCUT2D eigenvalue weighted by Crippen LogP contribution is 2.34. The monoisotopic (exact) mass is 393 g/mol. The number of nitrogens with zero attached hydrogens (tertiary/aromatic N) is 1. The Balaban J connectivity index is 1.50. The number of anilines is 1. The summed E-state index contributed by atoms with van der Waals surface area (Å²) in [4.78, 5) is 26.6. The SMILES string of the molecule is COc1ccc(S(=O)(=O)NC2CC2)cc1NC(=O)C1CC(=O)N(C2CC2)C1. The lowest BCUT2D eigenvalue weighted by Gasteiger charge is -2.16. The highest BCUT2D eigenvalue weighted by molar-refractivity contribution is 7.89. The number of nitrogens with one attached hydrogen (secondary N) is 2. The highest BCUT2D eigenvalue weighted by atomic mass is 32.2. The quantitative estimate of drug-likeness (QED) is 0.721. The van der Waals surface area contributed by atoms with Gasteiger partial charge in [0.2, 0.25) is 21.8 Å². The van der Waals surface area contributed by atoms with Gasteiger partial charge in [-0.15, -0.1) is 0 Å². The van der Waals surface area contributed by atoms with Gasteiger partial charge >= 0.3 is 0 Å². The van der Waals surface area contributed by atoms with Crippen LogP contribution in [0, 0.1) is 5.92 Å². The Hall–Kier alpha value is -2.13. The molecule has 1 heterocycles. The predicted molar refractivity (Wildman–Crippen MR) is 97.8 cm³/mol. The summed E-state index contributed by atoms with van der Waals surface area (Å²) in [6, 6.07) is 4.65. The number of carbonyl (C=O) groups is 2. The van der Waals surface area contributed by atoms with Gasteiger partial charge in [0, 0.05) is 25.0 Å². The van der Waals surface area contributed by atoms with Crippen molar-refractivity contribution in [2.75, 3.05) is 19.0 Å². The van der Waals surface area contributed by atoms with Gasteiger partial charge in [-0.25, -0.2) is 13.1 Å². The number of likely N-dealkylation sites (tertiary alicyclic amines) is 1. The molecule has 9 heteroatoms. The third-order valence-electron chi connectivity index (χ3n) is 5.16. The van der Waals surface area contributed by atoms with Gasteiger partial charge in [0.15, 0.2) is 0 Å². The standard InChI is InChI=1S/C18H23N3O5S/c1-26-16-7-6-14(27(24,25)20-12-2-3-12)9-15(16)19-18(23)11-8-17(22)21(10-11)13-4-5-13/h6-7,9,11-13,20H,2-5,8,10H2,1H3,(H,19,23). The van der Waals surface area contributed by atoms with E-state index in [-0.39, 0.29) is 35.2 Å². The molecule has 1 aromatic rings. The van der Waals surface area contributed by atoms with Crippen molar-refractivity contribution in [3.63, 3.8) is 0 Å². The van der Waals surface area contributed by atoms with Crippen LogP contribution in [0.5, 0.6) is 5.75 Å². The minimum atomic E-state index is -3.64. The lowest BCUT2D eigenvalue weighted by molar-refractivity contribution is -0.128. The number of sulfonamides is 1. The maximum absolute atomic E-state index is 12.7. The number of carbonyl (C=O) groups excluding carboxylic acids is 2. The average Bonchev–Trinajstić information content (AvgIpc) is 3.55. The zero-order valence-electron chi connectivity index (χ0n) is 15.1. The topological polar surface area (TPSA) is 105 Å². The zero-order valence-corrected chi connectivity index (χ0v) is 15.9. The van der Waals surface area contributed by atoms with E-state index in [0.717, 1.165) is 25.7 Å². The molecule has 27 heavy (non-hydrogen) atoms. The maximum atomic E-state index is 12.7. The first-order valence-corrected chi connectivity index (χ1v) is 10.7. The molecule has 2 saturated carbocycles. The zero-order chi connectivity index (χ0) is 19.2. The fourth-order valence-electron chi connectivity index (χ4n) is 3.32. The number of benzene rings is 1. The van der Waals surface area contributed by atoms with E-state index in [0.29, 0.717) is 18.0 Å². The van der Waals surface area contributed by atoms with E-state index in [1.165, 1.54) is 25.3 Å². The molecule has 3 aliphatic rings. The first-order chi connectivity index (χ1) is 12.9. The average molecular weight is 393 g/mol. The molecule has 1 saturated heterocycles. The van der Waals surface area contributed by atoms with Crippen molar-refractivity contribution in [1.29, 1.82) is 0 Å². The molecular formula is C18H23N3O5S. The summed E-state index contributed by atoms with van der Waals surface area (Å²) in [6.45, 7) is 0.416. The van der Waals surface area contributed by atoms with Crippen molar-refractivity contribution in [3.8, 4) is 5.75 Å². The Morgan fingerprint density at radius 2 is 1.96 bits per heavy atom. The number of hydrogen-bond acceptors (Lipinski definition) is 5. The number of hydrogen-bond donors (Lipinski definition) is 2. The molecule has 8 nitrogen and oxygen atoms in total. The predicted octanol–water partition coefficient (Wildman–Crippen LogP) is 1.09. The summed E-state index contributed by atoms with van der Waals surface area (Å²) in [7, 11) is -2.19. The summed E-state index contributed by atoms with van der Waals surface area (Å²) in [5.74, 6) is -0.353. The molecule has 0 aromatic heterocycles. The van der Waals surface area contributed by atoms with E-state index in [1.54, 1.807) is 4.90 Å². The van der Waals surface area contributed by atoms with E-state index < -0.39 is 15.9 Å². The fourth-order valence-corrected chi connectivity index (χ4v) is 4.65. The Kier molecular flexibility index (Phi) is 4.59. The molecule has 4 rings (SSSR count). The second kappa shape index (κ2) is 6.79. The van der Waals surface area contributed by atoms with Gasteiger partial charge in [0.25, 0.3) is 0 Å². The van der Waals surface area contributed by atoms with Crippen molar-refractivity contribution >= 4 is 27.5 Å². The Morgan fingerprint density at radius 1 is 1.22 bits per heavy atom. The summed E-state index contributed by atoms with van der Waals surface area (Å²) in [5.41, 5.74) is 0.290. The highest BCUT2D eigenvalue weighted by Gasteiger charge is 2.41. The Morgan fingerprint density at radius 3 is 2.59 bits per heavy atom. The van der Waals surface area contributed by atoms with Gasteiger partial charge in [-0.05, 0) is 43.9 Å². The maximum Gasteiger partial charge on any atom is 0.240 e. The molecule has 1 aromatic carbocycles. The first-order valence-electron chi connectivity index (χ1n) is 9.18. The van der Waals surface area contributed by atoms with Crippen LogP contribution in [0.15, 0.2) is 23.1 Å². The van der Waals surface area contributed by atoms with Gasteiger partial charge in [-0.3, -0.25) is 9.59 Å². The third kappa shape index (κ3) is 3.93. The molecule has 0 radical (unpaired) electrons. The molecule has 1 aliphatic heterocycles. The van der Waals surface area contributed by atoms with E-state index in [9.17, 15) is 18.0 Å². The van der Waals surface area contributed by atoms with Crippen LogP contribution in [0.1, 0.15) is 32.1 Å². The van der Waals surface area contributed by atoms with Gasteiger partial charge < -0.3 is 15.0 Å². The largest absolute Gasteiger partial charge is 0.495 e. The number of amides is 2. The number of ether oxygens (including phenoxy) is 1. The first kappa shape index (κ1) is 18.2. The molecular weight excluding hydrogens is 370 g/mol. The molecule has 0 spiro atoms. The molecule has 3 fully saturated rings. The number of methoxy groups -OCH3 is 1. The van der Waals surface area contributed by atoms with Crippen molar-refractivity contribution in [1.82, 2.24) is 9.62 Å². The summed E-state index contributed by atoms with van der Waals surface area (Å²) >= 11 is 0.